The minimum atomic E-state index is -1.33. The van der Waals surface area contributed by atoms with Gasteiger partial charge in [0.1, 0.15) is 5.75 Å². The first-order valence-corrected chi connectivity index (χ1v) is 8.32. The largest absolute Gasteiger partial charge is 0.497 e. The van der Waals surface area contributed by atoms with Crippen LogP contribution >= 0.6 is 11.6 Å². The minimum absolute atomic E-state index is 0.214. The average molecular weight is 354 g/mol. The topological polar surface area (TPSA) is 76.1 Å². The van der Waals surface area contributed by atoms with E-state index >= 15 is 0 Å². The molecule has 2 heterocycles. The zero-order chi connectivity index (χ0) is 17.5. The van der Waals surface area contributed by atoms with Crippen LogP contribution in [0.15, 0.2) is 24.3 Å². The molecule has 2 aliphatic rings. The van der Waals surface area contributed by atoms with E-state index in [1.54, 1.807) is 26.2 Å². The van der Waals surface area contributed by atoms with Gasteiger partial charge in [0.2, 0.25) is 11.4 Å². The molecule has 3 atom stereocenters. The van der Waals surface area contributed by atoms with Crippen molar-refractivity contribution in [2.45, 2.75) is 31.0 Å². The molecule has 0 radical (unpaired) electrons. The number of esters is 1. The first-order valence-electron chi connectivity index (χ1n) is 7.79. The number of aliphatic hydroxyl groups is 1. The van der Waals surface area contributed by atoms with E-state index < -0.39 is 29.6 Å². The number of benzene rings is 1. The van der Waals surface area contributed by atoms with Crippen molar-refractivity contribution in [2.75, 3.05) is 19.6 Å². The zero-order valence-corrected chi connectivity index (χ0v) is 14.4. The Morgan fingerprint density at radius 1 is 1.33 bits per heavy atom. The first kappa shape index (κ1) is 17.0. The molecule has 2 fully saturated rings. The van der Waals surface area contributed by atoms with Gasteiger partial charge in [-0.05, 0) is 31.0 Å². The third-order valence-electron chi connectivity index (χ3n) is 5.28. The highest BCUT2D eigenvalue weighted by Gasteiger charge is 2.79. The molecule has 3 rings (SSSR count). The standard InChI is InChI=1S/C17H20ClNO5/c1-16-13(7-8-18)14(21)19(17(16,10-20)15(22)24-16)9-11-3-5-12(23-2)6-4-11/h3-6,13,20H,7-10H2,1-2H3/t13-,16?,17?/m1/s1. The second-order valence-electron chi connectivity index (χ2n) is 6.32. The van der Waals surface area contributed by atoms with Gasteiger partial charge in [-0.2, -0.15) is 0 Å². The number of hydrogen-bond donors (Lipinski definition) is 1. The number of nitrogens with zero attached hydrogens (tertiary/aromatic N) is 1. The average Bonchev–Trinajstić information content (AvgIpc) is 2.71. The molecule has 2 unspecified atom stereocenters. The zero-order valence-electron chi connectivity index (χ0n) is 13.6. The number of amides is 1. The highest BCUT2D eigenvalue weighted by Crippen LogP contribution is 2.55. The summed E-state index contributed by atoms with van der Waals surface area (Å²) in [6, 6.07) is 7.23. The Bertz CT molecular complexity index is 663. The number of ether oxygens (including phenoxy) is 2. The van der Waals surface area contributed by atoms with Crippen LogP contribution in [-0.4, -0.2) is 52.6 Å². The highest BCUT2D eigenvalue weighted by molar-refractivity contribution is 6.18. The fourth-order valence-electron chi connectivity index (χ4n) is 3.81. The van der Waals surface area contributed by atoms with Gasteiger partial charge in [0, 0.05) is 12.4 Å². The van der Waals surface area contributed by atoms with Crippen LogP contribution in [0.4, 0.5) is 0 Å². The Morgan fingerprint density at radius 2 is 2.00 bits per heavy atom. The molecule has 1 amide bonds. The summed E-state index contributed by atoms with van der Waals surface area (Å²) in [5, 5.41) is 9.97. The van der Waals surface area contributed by atoms with E-state index in [9.17, 15) is 14.7 Å². The maximum atomic E-state index is 12.9. The number of rotatable bonds is 6. The molecule has 2 saturated heterocycles. The number of likely N-dealkylation sites (tertiary alicyclic amines) is 1. The van der Waals surface area contributed by atoms with E-state index in [1.165, 1.54) is 4.90 Å². The predicted molar refractivity (Wildman–Crippen MR) is 86.7 cm³/mol. The summed E-state index contributed by atoms with van der Waals surface area (Å²) in [6.07, 6.45) is 0.394. The van der Waals surface area contributed by atoms with Crippen molar-refractivity contribution in [3.8, 4) is 5.75 Å². The van der Waals surface area contributed by atoms with E-state index in [0.29, 0.717) is 12.2 Å². The number of hydrogen-bond acceptors (Lipinski definition) is 5. The molecule has 0 spiro atoms. The second-order valence-corrected chi connectivity index (χ2v) is 6.70. The fraction of sp³-hybridized carbons (Fsp3) is 0.529. The molecule has 2 aliphatic heterocycles. The van der Waals surface area contributed by atoms with Gasteiger partial charge in [-0.15, -0.1) is 11.6 Å². The highest BCUT2D eigenvalue weighted by atomic mass is 35.5. The number of fused-ring (bicyclic) bond motifs is 1. The molecule has 0 bridgehead atoms. The number of aliphatic hydroxyl groups excluding tert-OH is 1. The molecule has 1 N–H and O–H groups in total. The van der Waals surface area contributed by atoms with Crippen molar-refractivity contribution in [3.05, 3.63) is 29.8 Å². The van der Waals surface area contributed by atoms with E-state index in [1.807, 2.05) is 12.1 Å². The molecule has 130 valence electrons. The summed E-state index contributed by atoms with van der Waals surface area (Å²) in [5.41, 5.74) is -1.54. The van der Waals surface area contributed by atoms with Crippen molar-refractivity contribution >= 4 is 23.5 Å². The SMILES string of the molecule is COc1ccc(CN2C(=O)[C@@H](CCCl)C3(C)OC(=O)C23CO)cc1. The first-order chi connectivity index (χ1) is 11.4. The van der Waals surface area contributed by atoms with Crippen molar-refractivity contribution in [2.24, 2.45) is 5.92 Å². The van der Waals surface area contributed by atoms with Crippen LogP contribution < -0.4 is 4.74 Å². The predicted octanol–water partition coefficient (Wildman–Crippen LogP) is 1.33. The van der Waals surface area contributed by atoms with Gasteiger partial charge in [0.05, 0.1) is 19.6 Å². The summed E-state index contributed by atoms with van der Waals surface area (Å²) in [6.45, 7) is 1.45. The lowest BCUT2D eigenvalue weighted by atomic mass is 9.71. The van der Waals surface area contributed by atoms with Crippen molar-refractivity contribution < 1.29 is 24.2 Å². The van der Waals surface area contributed by atoms with Crippen LogP contribution in [0.2, 0.25) is 0 Å². The summed E-state index contributed by atoms with van der Waals surface area (Å²) in [7, 11) is 1.58. The molecule has 0 saturated carbocycles. The number of carbonyl (C=O) groups excluding carboxylic acids is 2. The second kappa shape index (κ2) is 5.93. The number of alkyl halides is 1. The van der Waals surface area contributed by atoms with Crippen molar-refractivity contribution in [3.63, 3.8) is 0 Å². The summed E-state index contributed by atoms with van der Waals surface area (Å²) in [5.74, 6) is -0.337. The van der Waals surface area contributed by atoms with Crippen LogP contribution in [-0.2, 0) is 20.9 Å². The normalized spacial score (nSPS) is 31.5. The van der Waals surface area contributed by atoms with Gasteiger partial charge in [-0.3, -0.25) is 4.79 Å². The van der Waals surface area contributed by atoms with Crippen LogP contribution in [0, 0.1) is 5.92 Å². The lowest BCUT2D eigenvalue weighted by Crippen LogP contribution is -2.76. The Morgan fingerprint density at radius 3 is 2.50 bits per heavy atom. The number of halogens is 1. The Hall–Kier alpha value is -1.79. The molecule has 1 aromatic rings. The molecule has 24 heavy (non-hydrogen) atoms. The smallest absolute Gasteiger partial charge is 0.339 e. The molecule has 1 aromatic carbocycles. The van der Waals surface area contributed by atoms with Crippen LogP contribution in [0.5, 0.6) is 5.75 Å². The fourth-order valence-corrected chi connectivity index (χ4v) is 4.03. The van der Waals surface area contributed by atoms with E-state index in [2.05, 4.69) is 0 Å². The molecular weight excluding hydrogens is 334 g/mol. The Balaban J connectivity index is 1.95. The van der Waals surface area contributed by atoms with Crippen LogP contribution in [0.3, 0.4) is 0 Å². The molecule has 6 nitrogen and oxygen atoms in total. The van der Waals surface area contributed by atoms with Crippen molar-refractivity contribution in [1.29, 1.82) is 0 Å². The number of methoxy groups -OCH3 is 1. The maximum absolute atomic E-state index is 12.9. The maximum Gasteiger partial charge on any atom is 0.339 e. The molecule has 0 aliphatic carbocycles. The van der Waals surface area contributed by atoms with Crippen LogP contribution in [0.25, 0.3) is 0 Å². The van der Waals surface area contributed by atoms with Gasteiger partial charge in [-0.25, -0.2) is 4.79 Å². The van der Waals surface area contributed by atoms with E-state index in [-0.39, 0.29) is 18.3 Å². The summed E-state index contributed by atoms with van der Waals surface area (Å²) in [4.78, 5) is 26.6. The lowest BCUT2D eigenvalue weighted by Gasteiger charge is -2.53. The quantitative estimate of drug-likeness (QED) is 0.616. The van der Waals surface area contributed by atoms with Crippen LogP contribution in [0.1, 0.15) is 18.9 Å². The third-order valence-corrected chi connectivity index (χ3v) is 5.50. The molecule has 0 aromatic heterocycles. The van der Waals surface area contributed by atoms with Gasteiger partial charge >= 0.3 is 5.97 Å². The number of carbonyl (C=O) groups is 2. The molecular formula is C17H20ClNO5. The minimum Gasteiger partial charge on any atom is -0.497 e. The van der Waals surface area contributed by atoms with E-state index in [0.717, 1.165) is 5.56 Å². The Kier molecular flexibility index (Phi) is 4.21. The van der Waals surface area contributed by atoms with E-state index in [4.69, 9.17) is 21.1 Å². The van der Waals surface area contributed by atoms with Gasteiger partial charge < -0.3 is 19.5 Å². The van der Waals surface area contributed by atoms with Gasteiger partial charge in [0.25, 0.3) is 0 Å². The van der Waals surface area contributed by atoms with Crippen molar-refractivity contribution in [1.82, 2.24) is 4.90 Å². The summed E-state index contributed by atoms with van der Waals surface area (Å²) >= 11 is 5.82. The monoisotopic (exact) mass is 353 g/mol. The van der Waals surface area contributed by atoms with Gasteiger partial charge in [-0.1, -0.05) is 12.1 Å². The lowest BCUT2D eigenvalue weighted by molar-refractivity contribution is -0.239. The molecule has 7 heteroatoms. The Labute approximate surface area is 145 Å². The van der Waals surface area contributed by atoms with Gasteiger partial charge in [0.15, 0.2) is 5.60 Å². The third kappa shape index (κ3) is 2.06. The summed E-state index contributed by atoms with van der Waals surface area (Å²) < 4.78 is 10.5.